The minimum atomic E-state index is -4.74. The van der Waals surface area contributed by atoms with Gasteiger partial charge in [0.05, 0.1) is 18.3 Å². The molecule has 8 nitrogen and oxygen atoms in total. The molecule has 1 aromatic heterocycles. The SMILES string of the molecule is O=C1CO[C@H]2CCN(C(=O)N3CCC(c4ccc(OC(F)(F)F)cn4)CC3)C[C@H]2N1. The van der Waals surface area contributed by atoms with Gasteiger partial charge in [0, 0.05) is 37.8 Å². The molecule has 0 aromatic carbocycles. The Hall–Kier alpha value is -2.56. The predicted octanol–water partition coefficient (Wildman–Crippen LogP) is 1.87. The lowest BCUT2D eigenvalue weighted by atomic mass is 9.93. The summed E-state index contributed by atoms with van der Waals surface area (Å²) in [7, 11) is 0. The number of piperidine rings is 2. The number of carbonyl (C=O) groups is 2. The molecule has 4 rings (SSSR count). The number of nitrogens with zero attached hydrogens (tertiary/aromatic N) is 3. The Bertz CT molecular complexity index is 781. The molecule has 4 heterocycles. The summed E-state index contributed by atoms with van der Waals surface area (Å²) in [5.41, 5.74) is 0.694. The minimum absolute atomic E-state index is 0.0483. The number of urea groups is 1. The van der Waals surface area contributed by atoms with Gasteiger partial charge < -0.3 is 24.6 Å². The van der Waals surface area contributed by atoms with Gasteiger partial charge in [0.25, 0.3) is 0 Å². The number of ether oxygens (including phenoxy) is 2. The van der Waals surface area contributed by atoms with E-state index >= 15 is 0 Å². The molecule has 3 aliphatic rings. The third-order valence-corrected chi connectivity index (χ3v) is 5.77. The molecule has 0 unspecified atom stereocenters. The molecule has 11 heteroatoms. The Kier molecular flexibility index (Phi) is 5.72. The van der Waals surface area contributed by atoms with Crippen LogP contribution in [0.5, 0.6) is 5.75 Å². The molecule has 2 atom stereocenters. The van der Waals surface area contributed by atoms with Crippen molar-refractivity contribution in [2.45, 2.75) is 43.7 Å². The van der Waals surface area contributed by atoms with Crippen LogP contribution in [0.1, 0.15) is 30.9 Å². The molecule has 164 valence electrons. The highest BCUT2D eigenvalue weighted by atomic mass is 19.4. The van der Waals surface area contributed by atoms with Crippen LogP contribution >= 0.6 is 0 Å². The first-order valence-corrected chi connectivity index (χ1v) is 9.95. The van der Waals surface area contributed by atoms with Gasteiger partial charge in [-0.25, -0.2) is 4.79 Å². The van der Waals surface area contributed by atoms with Crippen LogP contribution < -0.4 is 10.1 Å². The van der Waals surface area contributed by atoms with E-state index < -0.39 is 6.36 Å². The van der Waals surface area contributed by atoms with Gasteiger partial charge in [-0.1, -0.05) is 0 Å². The van der Waals surface area contributed by atoms with Gasteiger partial charge >= 0.3 is 12.4 Å². The first-order valence-electron chi connectivity index (χ1n) is 9.95. The molecule has 1 aromatic rings. The van der Waals surface area contributed by atoms with Crippen molar-refractivity contribution in [1.82, 2.24) is 20.1 Å². The van der Waals surface area contributed by atoms with Gasteiger partial charge in [-0.15, -0.1) is 13.2 Å². The van der Waals surface area contributed by atoms with Crippen molar-refractivity contribution in [2.24, 2.45) is 0 Å². The quantitative estimate of drug-likeness (QED) is 0.778. The van der Waals surface area contributed by atoms with Gasteiger partial charge in [0.2, 0.25) is 5.91 Å². The minimum Gasteiger partial charge on any atom is -0.404 e. The molecule has 3 saturated heterocycles. The van der Waals surface area contributed by atoms with E-state index in [0.717, 1.165) is 6.20 Å². The number of morpholine rings is 1. The molecular weight excluding hydrogens is 405 g/mol. The molecule has 0 bridgehead atoms. The number of nitrogens with one attached hydrogen (secondary N) is 1. The molecule has 3 amide bonds. The number of hydrogen-bond acceptors (Lipinski definition) is 5. The van der Waals surface area contributed by atoms with Crippen LogP contribution in [0.2, 0.25) is 0 Å². The van der Waals surface area contributed by atoms with E-state index in [4.69, 9.17) is 4.74 Å². The van der Waals surface area contributed by atoms with E-state index in [-0.39, 0.29) is 42.4 Å². The second kappa shape index (κ2) is 8.29. The average Bonchev–Trinajstić information content (AvgIpc) is 2.72. The van der Waals surface area contributed by atoms with E-state index in [2.05, 4.69) is 15.0 Å². The summed E-state index contributed by atoms with van der Waals surface area (Å²) in [5.74, 6) is -0.433. The number of pyridine rings is 1. The predicted molar refractivity (Wildman–Crippen MR) is 97.7 cm³/mol. The van der Waals surface area contributed by atoms with Crippen molar-refractivity contribution in [1.29, 1.82) is 0 Å². The molecule has 30 heavy (non-hydrogen) atoms. The van der Waals surface area contributed by atoms with Crippen LogP contribution in [0, 0.1) is 0 Å². The van der Waals surface area contributed by atoms with Gasteiger partial charge in [0.15, 0.2) is 0 Å². The molecule has 0 spiro atoms. The van der Waals surface area contributed by atoms with E-state index in [1.807, 2.05) is 0 Å². The Morgan fingerprint density at radius 2 is 1.90 bits per heavy atom. The van der Waals surface area contributed by atoms with Crippen molar-refractivity contribution in [3.05, 3.63) is 24.0 Å². The number of fused-ring (bicyclic) bond motifs is 1. The van der Waals surface area contributed by atoms with E-state index in [0.29, 0.717) is 51.1 Å². The summed E-state index contributed by atoms with van der Waals surface area (Å²) in [5, 5.41) is 2.89. The number of alkyl halides is 3. The number of aromatic nitrogens is 1. The fraction of sp³-hybridized carbons (Fsp3) is 0.632. The first kappa shape index (κ1) is 20.7. The lowest BCUT2D eigenvalue weighted by molar-refractivity contribution is -0.274. The molecule has 0 radical (unpaired) electrons. The molecule has 0 aliphatic carbocycles. The maximum atomic E-state index is 12.9. The summed E-state index contributed by atoms with van der Waals surface area (Å²) in [6.45, 7) is 2.16. The zero-order valence-corrected chi connectivity index (χ0v) is 16.2. The van der Waals surface area contributed by atoms with Crippen molar-refractivity contribution in [3.63, 3.8) is 0 Å². The summed E-state index contributed by atoms with van der Waals surface area (Å²) in [4.78, 5) is 32.1. The second-order valence-electron chi connectivity index (χ2n) is 7.77. The number of hydrogen-bond donors (Lipinski definition) is 1. The summed E-state index contributed by atoms with van der Waals surface area (Å²) < 4.78 is 46.2. The summed E-state index contributed by atoms with van der Waals surface area (Å²) in [6, 6.07) is 2.56. The number of amides is 3. The third-order valence-electron chi connectivity index (χ3n) is 5.77. The van der Waals surface area contributed by atoms with Crippen LogP contribution in [0.3, 0.4) is 0 Å². The van der Waals surface area contributed by atoms with Gasteiger partial charge in [-0.2, -0.15) is 0 Å². The Morgan fingerprint density at radius 3 is 2.57 bits per heavy atom. The second-order valence-corrected chi connectivity index (χ2v) is 7.77. The van der Waals surface area contributed by atoms with E-state index in [1.165, 1.54) is 6.07 Å². The highest BCUT2D eigenvalue weighted by molar-refractivity contribution is 5.79. The maximum Gasteiger partial charge on any atom is 0.573 e. The Labute approximate surface area is 171 Å². The molecular formula is C19H23F3N4O4. The molecule has 3 aliphatic heterocycles. The van der Waals surface area contributed by atoms with Crippen LogP contribution in [0.4, 0.5) is 18.0 Å². The smallest absolute Gasteiger partial charge is 0.404 e. The molecule has 3 fully saturated rings. The zero-order chi connectivity index (χ0) is 21.3. The normalized spacial score (nSPS) is 25.5. The van der Waals surface area contributed by atoms with Crippen molar-refractivity contribution >= 4 is 11.9 Å². The number of halogens is 3. The van der Waals surface area contributed by atoms with Crippen LogP contribution in [-0.2, 0) is 9.53 Å². The van der Waals surface area contributed by atoms with E-state index in [1.54, 1.807) is 15.9 Å². The standard InChI is InChI=1S/C19H23F3N4O4/c20-19(21,22)30-13-1-2-14(23-9-13)12-3-6-25(7-4-12)18(28)26-8-5-16-15(10-26)24-17(27)11-29-16/h1-2,9,12,15-16H,3-8,10-11H2,(H,24,27)/t15-,16+/m1/s1. The van der Waals surface area contributed by atoms with Crippen LogP contribution in [0.15, 0.2) is 18.3 Å². The largest absolute Gasteiger partial charge is 0.573 e. The van der Waals surface area contributed by atoms with Crippen molar-refractivity contribution in [3.8, 4) is 5.75 Å². The first-order chi connectivity index (χ1) is 14.3. The van der Waals surface area contributed by atoms with Gasteiger partial charge in [-0.3, -0.25) is 9.78 Å². The number of rotatable bonds is 2. The molecule has 1 N–H and O–H groups in total. The highest BCUT2D eigenvalue weighted by Gasteiger charge is 2.38. The third kappa shape index (κ3) is 4.77. The number of likely N-dealkylation sites (tertiary alicyclic amines) is 2. The maximum absolute atomic E-state index is 12.9. The van der Waals surface area contributed by atoms with Crippen LogP contribution in [0.25, 0.3) is 0 Å². The fourth-order valence-corrected chi connectivity index (χ4v) is 4.27. The Balaban J connectivity index is 1.29. The lowest BCUT2D eigenvalue weighted by Crippen LogP contribution is -2.62. The highest BCUT2D eigenvalue weighted by Crippen LogP contribution is 2.30. The fourth-order valence-electron chi connectivity index (χ4n) is 4.27. The molecule has 0 saturated carbocycles. The van der Waals surface area contributed by atoms with Crippen molar-refractivity contribution < 1.29 is 32.2 Å². The van der Waals surface area contributed by atoms with Gasteiger partial charge in [-0.05, 0) is 31.4 Å². The van der Waals surface area contributed by atoms with Gasteiger partial charge in [0.1, 0.15) is 12.4 Å². The van der Waals surface area contributed by atoms with Crippen molar-refractivity contribution in [2.75, 3.05) is 32.8 Å². The van der Waals surface area contributed by atoms with E-state index in [9.17, 15) is 22.8 Å². The zero-order valence-electron chi connectivity index (χ0n) is 16.2. The summed E-state index contributed by atoms with van der Waals surface area (Å²) >= 11 is 0. The lowest BCUT2D eigenvalue weighted by Gasteiger charge is -2.43. The topological polar surface area (TPSA) is 84.0 Å². The monoisotopic (exact) mass is 428 g/mol. The Morgan fingerprint density at radius 1 is 1.17 bits per heavy atom. The summed E-state index contributed by atoms with van der Waals surface area (Å²) in [6.07, 6.45) is -1.67. The van der Waals surface area contributed by atoms with Crippen LogP contribution in [-0.4, -0.2) is 78.0 Å². The average molecular weight is 428 g/mol. The number of carbonyl (C=O) groups excluding carboxylic acids is 2.